The minimum absolute atomic E-state index is 0.00978. The molecule has 0 aliphatic carbocycles. The highest BCUT2D eigenvalue weighted by Gasteiger charge is 2.32. The van der Waals surface area contributed by atoms with Crippen LogP contribution in [0.5, 0.6) is 0 Å². The molecular formula is C17H15ClF3N3O2. The van der Waals surface area contributed by atoms with Crippen molar-refractivity contribution in [2.24, 2.45) is 0 Å². The second-order valence-electron chi connectivity index (χ2n) is 6.34. The minimum atomic E-state index is -1.39. The minimum Gasteiger partial charge on any atom is -0.267 e. The summed E-state index contributed by atoms with van der Waals surface area (Å²) >= 11 is 5.90. The lowest BCUT2D eigenvalue weighted by Gasteiger charge is -2.35. The van der Waals surface area contributed by atoms with Crippen LogP contribution in [0.1, 0.15) is 41.5 Å². The molecule has 0 saturated carbocycles. The van der Waals surface area contributed by atoms with Crippen LogP contribution in [0, 0.1) is 17.5 Å². The molecule has 0 aliphatic rings. The number of benzene rings is 1. The Morgan fingerprint density at radius 1 is 1.15 bits per heavy atom. The van der Waals surface area contributed by atoms with E-state index in [2.05, 4.69) is 10.4 Å². The number of carbonyl (C=O) groups excluding carboxylic acids is 2. The van der Waals surface area contributed by atoms with Gasteiger partial charge in [-0.15, -0.1) is 0 Å². The van der Waals surface area contributed by atoms with Gasteiger partial charge in [-0.25, -0.2) is 23.2 Å². The molecule has 5 nitrogen and oxygen atoms in total. The van der Waals surface area contributed by atoms with Crippen molar-refractivity contribution >= 4 is 23.4 Å². The number of nitrogens with zero attached hydrogens (tertiary/aromatic N) is 2. The van der Waals surface area contributed by atoms with E-state index >= 15 is 0 Å². The summed E-state index contributed by atoms with van der Waals surface area (Å²) in [6.07, 6.45) is 1.38. The lowest BCUT2D eigenvalue weighted by molar-refractivity contribution is 0.0355. The number of rotatable bonds is 2. The third kappa shape index (κ3) is 4.13. The molecule has 9 heteroatoms. The Morgan fingerprint density at radius 2 is 1.73 bits per heavy atom. The van der Waals surface area contributed by atoms with Gasteiger partial charge in [0.05, 0.1) is 11.1 Å². The maximum absolute atomic E-state index is 13.8. The molecular weight excluding hydrogens is 371 g/mol. The molecule has 26 heavy (non-hydrogen) atoms. The Bertz CT molecular complexity index is 846. The number of hydrogen-bond acceptors (Lipinski definition) is 3. The number of aromatic nitrogens is 1. The van der Waals surface area contributed by atoms with E-state index in [-0.39, 0.29) is 10.7 Å². The molecule has 0 fully saturated rings. The first-order valence-electron chi connectivity index (χ1n) is 7.43. The molecule has 1 aromatic heterocycles. The quantitative estimate of drug-likeness (QED) is 0.632. The fraction of sp³-hybridized carbons (Fsp3) is 0.235. The van der Waals surface area contributed by atoms with Gasteiger partial charge in [0.1, 0.15) is 28.2 Å². The number of hydrazine groups is 1. The topological polar surface area (TPSA) is 62.3 Å². The van der Waals surface area contributed by atoms with Gasteiger partial charge in [-0.2, -0.15) is 0 Å². The molecule has 2 aromatic rings. The first-order chi connectivity index (χ1) is 12.0. The van der Waals surface area contributed by atoms with E-state index in [4.69, 9.17) is 11.6 Å². The highest BCUT2D eigenvalue weighted by molar-refractivity contribution is 6.32. The average Bonchev–Trinajstić information content (AvgIpc) is 2.50. The van der Waals surface area contributed by atoms with Crippen LogP contribution >= 0.6 is 11.6 Å². The summed E-state index contributed by atoms with van der Waals surface area (Å²) in [5.41, 5.74) is 0.164. The van der Waals surface area contributed by atoms with Gasteiger partial charge < -0.3 is 0 Å². The molecule has 2 rings (SSSR count). The van der Waals surface area contributed by atoms with Gasteiger partial charge >= 0.3 is 0 Å². The van der Waals surface area contributed by atoms with Crippen LogP contribution in [0.3, 0.4) is 0 Å². The number of nitrogens with one attached hydrogen (secondary N) is 1. The lowest BCUT2D eigenvalue weighted by atomic mass is 10.1. The maximum Gasteiger partial charge on any atom is 0.275 e. The largest absolute Gasteiger partial charge is 0.275 e. The maximum atomic E-state index is 13.8. The van der Waals surface area contributed by atoms with Gasteiger partial charge in [0.15, 0.2) is 0 Å². The summed E-state index contributed by atoms with van der Waals surface area (Å²) in [5, 5.41) is 0.778. The van der Waals surface area contributed by atoms with Crippen molar-refractivity contribution in [2.75, 3.05) is 0 Å². The Balaban J connectivity index is 2.40. The molecule has 2 amide bonds. The van der Waals surface area contributed by atoms with Gasteiger partial charge in [0.25, 0.3) is 11.8 Å². The highest BCUT2D eigenvalue weighted by Crippen LogP contribution is 2.21. The molecule has 0 spiro atoms. The molecule has 138 valence electrons. The van der Waals surface area contributed by atoms with E-state index in [0.29, 0.717) is 12.1 Å². The van der Waals surface area contributed by atoms with E-state index in [1.54, 1.807) is 20.8 Å². The van der Waals surface area contributed by atoms with Crippen LogP contribution in [0.4, 0.5) is 13.2 Å². The van der Waals surface area contributed by atoms with Crippen molar-refractivity contribution in [1.82, 2.24) is 15.4 Å². The van der Waals surface area contributed by atoms with Crippen molar-refractivity contribution in [3.63, 3.8) is 0 Å². The first-order valence-corrected chi connectivity index (χ1v) is 7.80. The Hall–Kier alpha value is -2.61. The fourth-order valence-corrected chi connectivity index (χ4v) is 2.31. The number of halogens is 4. The number of amides is 2. The predicted molar refractivity (Wildman–Crippen MR) is 89.0 cm³/mol. The zero-order chi connectivity index (χ0) is 19.6. The Kier molecular flexibility index (Phi) is 5.56. The van der Waals surface area contributed by atoms with Crippen LogP contribution < -0.4 is 5.43 Å². The van der Waals surface area contributed by atoms with Gasteiger partial charge in [0.2, 0.25) is 0 Å². The molecule has 1 heterocycles. The number of carbonyl (C=O) groups is 2. The summed E-state index contributed by atoms with van der Waals surface area (Å²) in [4.78, 5) is 28.8. The third-order valence-corrected chi connectivity index (χ3v) is 3.61. The van der Waals surface area contributed by atoms with E-state index in [1.807, 2.05) is 0 Å². The second kappa shape index (κ2) is 7.33. The highest BCUT2D eigenvalue weighted by atomic mass is 35.5. The standard InChI is InChI=1S/C17H15ClF3N3O2/c1-17(2,3)24(16(26)10-5-4-6-22-14(10)18)23-15(25)13-11(20)7-9(19)8-12(13)21/h4-8H,1-3H3,(H,23,25). The Labute approximate surface area is 152 Å². The summed E-state index contributed by atoms with van der Waals surface area (Å²) in [6.45, 7) is 4.77. The van der Waals surface area contributed by atoms with Crippen molar-refractivity contribution in [2.45, 2.75) is 26.3 Å². The SMILES string of the molecule is CC(C)(C)N(NC(=O)c1c(F)cc(F)cc1F)C(=O)c1cccnc1Cl. The molecule has 0 aliphatic heterocycles. The average molecular weight is 386 g/mol. The molecule has 0 atom stereocenters. The Morgan fingerprint density at radius 3 is 2.23 bits per heavy atom. The second-order valence-corrected chi connectivity index (χ2v) is 6.70. The number of hydrogen-bond donors (Lipinski definition) is 1. The van der Waals surface area contributed by atoms with Crippen molar-refractivity contribution < 1.29 is 22.8 Å². The summed E-state index contributed by atoms with van der Waals surface area (Å²) in [5.74, 6) is -5.92. The van der Waals surface area contributed by atoms with E-state index < -0.39 is 40.4 Å². The third-order valence-electron chi connectivity index (χ3n) is 3.31. The molecule has 1 aromatic carbocycles. The normalized spacial score (nSPS) is 11.2. The summed E-state index contributed by atoms with van der Waals surface area (Å²) in [6, 6.07) is 3.61. The molecule has 0 radical (unpaired) electrons. The van der Waals surface area contributed by atoms with Crippen molar-refractivity contribution in [1.29, 1.82) is 0 Å². The van der Waals surface area contributed by atoms with Gasteiger partial charge in [0, 0.05) is 18.3 Å². The van der Waals surface area contributed by atoms with Gasteiger partial charge in [-0.1, -0.05) is 11.6 Å². The van der Waals surface area contributed by atoms with E-state index in [1.165, 1.54) is 18.3 Å². The van der Waals surface area contributed by atoms with Crippen LogP contribution in [-0.4, -0.2) is 27.3 Å². The monoisotopic (exact) mass is 385 g/mol. The van der Waals surface area contributed by atoms with Crippen LogP contribution in [0.2, 0.25) is 5.15 Å². The summed E-state index contributed by atoms with van der Waals surface area (Å²) < 4.78 is 40.7. The molecule has 0 bridgehead atoms. The number of pyridine rings is 1. The molecule has 0 unspecified atom stereocenters. The zero-order valence-corrected chi connectivity index (χ0v) is 14.9. The van der Waals surface area contributed by atoms with Crippen molar-refractivity contribution in [3.05, 3.63) is 64.2 Å². The lowest BCUT2D eigenvalue weighted by Crippen LogP contribution is -2.56. The van der Waals surface area contributed by atoms with Gasteiger partial charge in [-0.05, 0) is 32.9 Å². The van der Waals surface area contributed by atoms with Crippen molar-refractivity contribution in [3.8, 4) is 0 Å². The zero-order valence-electron chi connectivity index (χ0n) is 14.1. The van der Waals surface area contributed by atoms with E-state index in [9.17, 15) is 22.8 Å². The van der Waals surface area contributed by atoms with E-state index in [0.717, 1.165) is 5.01 Å². The van der Waals surface area contributed by atoms with Gasteiger partial charge in [-0.3, -0.25) is 15.0 Å². The van der Waals surface area contributed by atoms with Crippen LogP contribution in [0.25, 0.3) is 0 Å². The first kappa shape index (κ1) is 19.7. The fourth-order valence-electron chi connectivity index (χ4n) is 2.11. The molecule has 0 saturated heterocycles. The smallest absolute Gasteiger partial charge is 0.267 e. The molecule has 1 N–H and O–H groups in total. The van der Waals surface area contributed by atoms with Crippen LogP contribution in [-0.2, 0) is 0 Å². The predicted octanol–water partition coefficient (Wildman–Crippen LogP) is 3.74. The van der Waals surface area contributed by atoms with Crippen LogP contribution in [0.15, 0.2) is 30.5 Å². The summed E-state index contributed by atoms with van der Waals surface area (Å²) in [7, 11) is 0.